The molecule has 3 aromatic rings. The van der Waals surface area contributed by atoms with Crippen LogP contribution in [0.1, 0.15) is 29.7 Å². The van der Waals surface area contributed by atoms with E-state index >= 15 is 0 Å². The van der Waals surface area contributed by atoms with Crippen LogP contribution in [0, 0.1) is 6.92 Å². The smallest absolute Gasteiger partial charge is 0.264 e. The highest BCUT2D eigenvalue weighted by Crippen LogP contribution is 2.40. The zero-order valence-corrected chi connectivity index (χ0v) is 19.2. The molecule has 1 heterocycles. The quantitative estimate of drug-likeness (QED) is 0.517. The summed E-state index contributed by atoms with van der Waals surface area (Å²) in [6.45, 7) is 3.71. The fourth-order valence-corrected chi connectivity index (χ4v) is 5.57. The number of sulfonamides is 1. The number of hydrogen-bond acceptors (Lipinski definition) is 4. The van der Waals surface area contributed by atoms with Gasteiger partial charge in [-0.2, -0.15) is 0 Å². The largest absolute Gasteiger partial charge is 0.496 e. The van der Waals surface area contributed by atoms with E-state index in [4.69, 9.17) is 9.47 Å². The highest BCUT2D eigenvalue weighted by molar-refractivity contribution is 7.89. The minimum absolute atomic E-state index is 0.255. The molecule has 6 heteroatoms. The summed E-state index contributed by atoms with van der Waals surface area (Å²) in [4.78, 5) is 0.255. The fourth-order valence-electron chi connectivity index (χ4n) is 4.02. The van der Waals surface area contributed by atoms with Crippen molar-refractivity contribution < 1.29 is 17.9 Å². The Morgan fingerprint density at radius 2 is 1.56 bits per heavy atom. The van der Waals surface area contributed by atoms with Gasteiger partial charge in [-0.1, -0.05) is 66.2 Å². The molecule has 5 nitrogen and oxygen atoms in total. The van der Waals surface area contributed by atoms with E-state index in [-0.39, 0.29) is 4.90 Å². The highest BCUT2D eigenvalue weighted by atomic mass is 32.2. The van der Waals surface area contributed by atoms with Crippen LogP contribution in [0.4, 0.5) is 0 Å². The fraction of sp³-hybridized carbons (Fsp3) is 0.231. The third kappa shape index (κ3) is 4.36. The molecule has 0 saturated heterocycles. The Bertz CT molecular complexity index is 1200. The number of methoxy groups -OCH3 is 1. The third-order valence-corrected chi connectivity index (χ3v) is 7.43. The number of para-hydroxylation sites is 1. The van der Waals surface area contributed by atoms with Crippen molar-refractivity contribution in [1.29, 1.82) is 0 Å². The zero-order chi connectivity index (χ0) is 22.7. The van der Waals surface area contributed by atoms with Crippen LogP contribution in [0.3, 0.4) is 0 Å². The van der Waals surface area contributed by atoms with E-state index in [1.807, 2.05) is 73.7 Å². The first-order valence-electron chi connectivity index (χ1n) is 10.5. The maximum absolute atomic E-state index is 13.8. The Balaban J connectivity index is 1.84. The summed E-state index contributed by atoms with van der Waals surface area (Å²) in [5.74, 6) is 1.19. The van der Waals surface area contributed by atoms with E-state index in [0.29, 0.717) is 17.9 Å². The number of aryl methyl sites for hydroxylation is 1. The molecule has 0 aromatic heterocycles. The van der Waals surface area contributed by atoms with Gasteiger partial charge in [0, 0.05) is 5.56 Å². The summed E-state index contributed by atoms with van der Waals surface area (Å²) in [5, 5.41) is 0. The van der Waals surface area contributed by atoms with Gasteiger partial charge >= 0.3 is 0 Å². The van der Waals surface area contributed by atoms with Crippen LogP contribution >= 0.6 is 0 Å². The van der Waals surface area contributed by atoms with E-state index in [0.717, 1.165) is 16.7 Å². The molecule has 166 valence electrons. The minimum Gasteiger partial charge on any atom is -0.496 e. The molecule has 0 amide bonds. The van der Waals surface area contributed by atoms with Crippen molar-refractivity contribution in [3.8, 4) is 5.75 Å². The second-order valence-corrected chi connectivity index (χ2v) is 9.77. The number of nitrogens with zero attached hydrogens (tertiary/aromatic N) is 1. The first-order chi connectivity index (χ1) is 15.4. The van der Waals surface area contributed by atoms with Gasteiger partial charge < -0.3 is 9.47 Å². The Morgan fingerprint density at radius 1 is 0.906 bits per heavy atom. The molecule has 3 aromatic carbocycles. The maximum atomic E-state index is 13.8. The lowest BCUT2D eigenvalue weighted by molar-refractivity contribution is 0.0367. The molecule has 1 aliphatic rings. The first-order valence-corrected chi connectivity index (χ1v) is 12.0. The molecule has 0 bridgehead atoms. The lowest BCUT2D eigenvalue weighted by Crippen LogP contribution is -2.45. The van der Waals surface area contributed by atoms with E-state index in [1.54, 1.807) is 32.4 Å². The Labute approximate surface area is 190 Å². The molecule has 1 aliphatic heterocycles. The van der Waals surface area contributed by atoms with Crippen molar-refractivity contribution in [2.45, 2.75) is 37.3 Å². The Morgan fingerprint density at radius 3 is 2.25 bits per heavy atom. The van der Waals surface area contributed by atoms with Crippen LogP contribution in [0.2, 0.25) is 0 Å². The molecular weight excluding hydrogens is 422 g/mol. The molecule has 0 fully saturated rings. The number of allylic oxidation sites excluding steroid dienone is 1. The molecule has 0 aliphatic carbocycles. The second kappa shape index (κ2) is 9.09. The van der Waals surface area contributed by atoms with E-state index < -0.39 is 22.2 Å². The van der Waals surface area contributed by atoms with Gasteiger partial charge in [-0.3, -0.25) is 4.31 Å². The summed E-state index contributed by atoms with van der Waals surface area (Å²) >= 11 is 0. The molecule has 1 unspecified atom stereocenters. The summed E-state index contributed by atoms with van der Waals surface area (Å²) < 4.78 is 40.8. The maximum Gasteiger partial charge on any atom is 0.264 e. The average molecular weight is 450 g/mol. The van der Waals surface area contributed by atoms with Gasteiger partial charge in [-0.25, -0.2) is 8.42 Å². The number of ether oxygens (including phenoxy) is 2. The van der Waals surface area contributed by atoms with Gasteiger partial charge in [0.25, 0.3) is 10.0 Å². The lowest BCUT2D eigenvalue weighted by atomic mass is 9.94. The van der Waals surface area contributed by atoms with Gasteiger partial charge in [0.05, 0.1) is 24.2 Å². The Kier molecular flexibility index (Phi) is 6.24. The van der Waals surface area contributed by atoms with Crippen molar-refractivity contribution in [3.05, 3.63) is 108 Å². The van der Waals surface area contributed by atoms with E-state index in [9.17, 15) is 8.42 Å². The predicted octanol–water partition coefficient (Wildman–Crippen LogP) is 5.24. The van der Waals surface area contributed by atoms with Crippen molar-refractivity contribution in [1.82, 2.24) is 4.31 Å². The van der Waals surface area contributed by atoms with Crippen LogP contribution in [-0.2, 0) is 21.2 Å². The molecule has 0 saturated carbocycles. The zero-order valence-electron chi connectivity index (χ0n) is 18.4. The molecule has 2 atom stereocenters. The normalized spacial score (nSPS) is 18.6. The Hall–Kier alpha value is -3.25. The second-order valence-electron chi connectivity index (χ2n) is 7.93. The van der Waals surface area contributed by atoms with Crippen molar-refractivity contribution in [3.63, 3.8) is 0 Å². The molecule has 4 rings (SSSR count). The van der Waals surface area contributed by atoms with Gasteiger partial charge in [0.15, 0.2) is 0 Å². The summed E-state index contributed by atoms with van der Waals surface area (Å²) in [7, 11) is -2.20. The number of rotatable bonds is 6. The molecular formula is C26H27NO4S. The minimum atomic E-state index is -3.81. The number of hydrogen-bond donors (Lipinski definition) is 0. The molecule has 0 N–H and O–H groups in total. The van der Waals surface area contributed by atoms with E-state index in [1.165, 1.54) is 4.31 Å². The monoisotopic (exact) mass is 449 g/mol. The van der Waals surface area contributed by atoms with Crippen LogP contribution < -0.4 is 4.74 Å². The summed E-state index contributed by atoms with van der Waals surface area (Å²) in [6.07, 6.45) is 1.55. The van der Waals surface area contributed by atoms with Crippen LogP contribution in [0.25, 0.3) is 0 Å². The molecule has 0 radical (unpaired) electrons. The molecule has 32 heavy (non-hydrogen) atoms. The lowest BCUT2D eigenvalue weighted by Gasteiger charge is -2.40. The van der Waals surface area contributed by atoms with Crippen LogP contribution in [0.15, 0.2) is 95.7 Å². The van der Waals surface area contributed by atoms with Gasteiger partial charge in [-0.05, 0) is 44.0 Å². The van der Waals surface area contributed by atoms with Crippen molar-refractivity contribution in [2.75, 3.05) is 7.11 Å². The topological polar surface area (TPSA) is 55.8 Å². The summed E-state index contributed by atoms with van der Waals surface area (Å²) in [5.41, 5.74) is 2.84. The van der Waals surface area contributed by atoms with Crippen molar-refractivity contribution in [2.24, 2.45) is 0 Å². The number of benzene rings is 3. The highest BCUT2D eigenvalue weighted by Gasteiger charge is 2.40. The predicted molar refractivity (Wildman–Crippen MR) is 125 cm³/mol. The average Bonchev–Trinajstić information content (AvgIpc) is 2.81. The molecule has 0 spiro atoms. The standard InChI is InChI=1S/C26H27NO4S/c1-19-13-15-22(16-14-19)32(28,29)27-18-20(2)31-26(23-11-7-8-12-25(23)30-3)24(27)17-21-9-5-4-6-10-21/h4-16,18,24,26H,17H2,1-3H3/t24-,26?/m0/s1. The van der Waals surface area contributed by atoms with E-state index in [2.05, 4.69) is 0 Å². The van der Waals surface area contributed by atoms with Crippen molar-refractivity contribution >= 4 is 10.0 Å². The van der Waals surface area contributed by atoms with Gasteiger partial charge in [-0.15, -0.1) is 0 Å². The van der Waals surface area contributed by atoms with Crippen LogP contribution in [0.5, 0.6) is 5.75 Å². The first kappa shape index (κ1) is 22.0. The van der Waals surface area contributed by atoms with Gasteiger partial charge in [0.2, 0.25) is 0 Å². The van der Waals surface area contributed by atoms with Gasteiger partial charge in [0.1, 0.15) is 17.6 Å². The summed E-state index contributed by atoms with van der Waals surface area (Å²) in [6, 6.07) is 23.9. The third-order valence-electron chi connectivity index (χ3n) is 5.63. The van der Waals surface area contributed by atoms with Crippen LogP contribution in [-0.4, -0.2) is 25.9 Å². The SMILES string of the molecule is COc1ccccc1C1OC(C)=CN(S(=O)(=O)c2ccc(C)cc2)[C@H]1Cc1ccccc1.